The maximum atomic E-state index is 11.0. The van der Waals surface area contributed by atoms with E-state index in [0.717, 1.165) is 29.9 Å². The molecule has 1 amide bonds. The van der Waals surface area contributed by atoms with Gasteiger partial charge in [-0.1, -0.05) is 19.1 Å². The molecule has 0 saturated carbocycles. The summed E-state index contributed by atoms with van der Waals surface area (Å²) in [5.74, 6) is -0.0661. The fraction of sp³-hybridized carbons (Fsp3) is 0.286. The Morgan fingerprint density at radius 1 is 1.39 bits per heavy atom. The number of anilines is 1. The van der Waals surface area contributed by atoms with Gasteiger partial charge in [-0.3, -0.25) is 9.48 Å². The van der Waals surface area contributed by atoms with Crippen LogP contribution < -0.4 is 5.32 Å². The topological polar surface area (TPSA) is 46.9 Å². The first-order valence-corrected chi connectivity index (χ1v) is 6.10. The molecule has 1 aromatic carbocycles. The van der Waals surface area contributed by atoms with E-state index >= 15 is 0 Å². The third-order valence-corrected chi connectivity index (χ3v) is 2.57. The standard InChI is InChI=1S/C14H17N3O/c1-3-8-17-9-7-14(16-17)12-5-4-6-13(10-12)15-11(2)18/h4-7,9-10H,3,8H2,1-2H3,(H,15,18). The maximum absolute atomic E-state index is 11.0. The molecule has 18 heavy (non-hydrogen) atoms. The van der Waals surface area contributed by atoms with Gasteiger partial charge in [0.2, 0.25) is 5.91 Å². The number of hydrogen-bond donors (Lipinski definition) is 1. The van der Waals surface area contributed by atoms with Crippen LogP contribution in [0.1, 0.15) is 20.3 Å². The normalized spacial score (nSPS) is 10.3. The summed E-state index contributed by atoms with van der Waals surface area (Å²) in [6, 6.07) is 9.69. The predicted molar refractivity (Wildman–Crippen MR) is 72.3 cm³/mol. The van der Waals surface area contributed by atoms with Crippen LogP contribution in [0.5, 0.6) is 0 Å². The molecule has 0 aliphatic heterocycles. The molecular weight excluding hydrogens is 226 g/mol. The van der Waals surface area contributed by atoms with Gasteiger partial charge in [0.25, 0.3) is 0 Å². The highest BCUT2D eigenvalue weighted by Gasteiger charge is 2.03. The molecule has 0 fully saturated rings. The summed E-state index contributed by atoms with van der Waals surface area (Å²) in [6.07, 6.45) is 3.04. The fourth-order valence-electron chi connectivity index (χ4n) is 1.83. The van der Waals surface area contributed by atoms with Gasteiger partial charge in [0.05, 0.1) is 5.69 Å². The smallest absolute Gasteiger partial charge is 0.221 e. The summed E-state index contributed by atoms with van der Waals surface area (Å²) < 4.78 is 1.93. The molecule has 1 N–H and O–H groups in total. The Kier molecular flexibility index (Phi) is 3.77. The van der Waals surface area contributed by atoms with E-state index in [1.54, 1.807) is 0 Å². The first-order chi connectivity index (χ1) is 8.69. The minimum absolute atomic E-state index is 0.0661. The molecule has 4 heteroatoms. The molecule has 2 aromatic rings. The van der Waals surface area contributed by atoms with Crippen molar-refractivity contribution in [2.75, 3.05) is 5.32 Å². The van der Waals surface area contributed by atoms with Crippen molar-refractivity contribution in [3.05, 3.63) is 36.5 Å². The van der Waals surface area contributed by atoms with E-state index in [9.17, 15) is 4.79 Å². The Balaban J connectivity index is 2.23. The molecule has 0 spiro atoms. The molecule has 94 valence electrons. The highest BCUT2D eigenvalue weighted by Crippen LogP contribution is 2.20. The van der Waals surface area contributed by atoms with Crippen molar-refractivity contribution in [2.45, 2.75) is 26.8 Å². The van der Waals surface area contributed by atoms with Crippen LogP contribution in [-0.2, 0) is 11.3 Å². The van der Waals surface area contributed by atoms with Gasteiger partial charge in [0.1, 0.15) is 0 Å². The van der Waals surface area contributed by atoms with Crippen LogP contribution in [0.4, 0.5) is 5.69 Å². The van der Waals surface area contributed by atoms with Gasteiger partial charge in [-0.15, -0.1) is 0 Å². The third-order valence-electron chi connectivity index (χ3n) is 2.57. The molecule has 4 nitrogen and oxygen atoms in total. The van der Waals surface area contributed by atoms with Gasteiger partial charge < -0.3 is 5.32 Å². The Morgan fingerprint density at radius 3 is 2.94 bits per heavy atom. The number of aromatic nitrogens is 2. The number of carbonyl (C=O) groups excluding carboxylic acids is 1. The van der Waals surface area contributed by atoms with E-state index in [0.29, 0.717) is 0 Å². The molecule has 0 unspecified atom stereocenters. The molecule has 0 aliphatic rings. The fourth-order valence-corrected chi connectivity index (χ4v) is 1.83. The molecule has 1 aromatic heterocycles. The number of carbonyl (C=O) groups is 1. The van der Waals surface area contributed by atoms with Crippen LogP contribution in [0, 0.1) is 0 Å². The number of nitrogens with one attached hydrogen (secondary N) is 1. The summed E-state index contributed by atoms with van der Waals surface area (Å²) in [4.78, 5) is 11.0. The van der Waals surface area contributed by atoms with Crippen molar-refractivity contribution in [3.63, 3.8) is 0 Å². The molecule has 0 atom stereocenters. The van der Waals surface area contributed by atoms with Gasteiger partial charge in [-0.05, 0) is 24.6 Å². The minimum Gasteiger partial charge on any atom is -0.326 e. The first kappa shape index (κ1) is 12.4. The van der Waals surface area contributed by atoms with Crippen molar-refractivity contribution in [1.29, 1.82) is 0 Å². The summed E-state index contributed by atoms with van der Waals surface area (Å²) >= 11 is 0. The quantitative estimate of drug-likeness (QED) is 0.897. The number of rotatable bonds is 4. The molecule has 0 radical (unpaired) electrons. The van der Waals surface area contributed by atoms with Crippen molar-refractivity contribution < 1.29 is 4.79 Å². The Labute approximate surface area is 107 Å². The second-order valence-corrected chi connectivity index (χ2v) is 4.23. The van der Waals surface area contributed by atoms with Crippen molar-refractivity contribution in [3.8, 4) is 11.3 Å². The minimum atomic E-state index is -0.0661. The highest BCUT2D eigenvalue weighted by molar-refractivity contribution is 5.89. The summed E-state index contributed by atoms with van der Waals surface area (Å²) in [5.41, 5.74) is 2.73. The van der Waals surface area contributed by atoms with Crippen LogP contribution in [0.3, 0.4) is 0 Å². The molecule has 2 rings (SSSR count). The van der Waals surface area contributed by atoms with E-state index in [1.165, 1.54) is 6.92 Å². The molecule has 0 saturated heterocycles. The molecular formula is C14H17N3O. The van der Waals surface area contributed by atoms with Crippen LogP contribution in [0.2, 0.25) is 0 Å². The SMILES string of the molecule is CCCn1ccc(-c2cccc(NC(C)=O)c2)n1. The number of amides is 1. The number of aryl methyl sites for hydroxylation is 1. The lowest BCUT2D eigenvalue weighted by Gasteiger charge is -2.03. The van der Waals surface area contributed by atoms with Crippen molar-refractivity contribution in [1.82, 2.24) is 9.78 Å². The molecule has 1 heterocycles. The van der Waals surface area contributed by atoms with E-state index < -0.39 is 0 Å². The zero-order valence-electron chi connectivity index (χ0n) is 10.7. The molecule has 0 bridgehead atoms. The molecule has 0 aliphatic carbocycles. The van der Waals surface area contributed by atoms with Crippen molar-refractivity contribution in [2.24, 2.45) is 0 Å². The monoisotopic (exact) mass is 243 g/mol. The zero-order valence-corrected chi connectivity index (χ0v) is 10.7. The van der Waals surface area contributed by atoms with E-state index in [-0.39, 0.29) is 5.91 Å². The first-order valence-electron chi connectivity index (χ1n) is 6.10. The van der Waals surface area contributed by atoms with E-state index in [1.807, 2.05) is 41.2 Å². The lowest BCUT2D eigenvalue weighted by molar-refractivity contribution is -0.114. The second-order valence-electron chi connectivity index (χ2n) is 4.23. The average Bonchev–Trinajstić information content (AvgIpc) is 2.78. The van der Waals surface area contributed by atoms with Gasteiger partial charge >= 0.3 is 0 Å². The number of nitrogens with zero attached hydrogens (tertiary/aromatic N) is 2. The van der Waals surface area contributed by atoms with Crippen LogP contribution in [-0.4, -0.2) is 15.7 Å². The summed E-state index contributed by atoms with van der Waals surface area (Å²) in [7, 11) is 0. The van der Waals surface area contributed by atoms with Gasteiger partial charge in [-0.25, -0.2) is 0 Å². The van der Waals surface area contributed by atoms with Crippen LogP contribution >= 0.6 is 0 Å². The predicted octanol–water partition coefficient (Wildman–Crippen LogP) is 2.92. The lowest BCUT2D eigenvalue weighted by atomic mass is 10.1. The van der Waals surface area contributed by atoms with E-state index in [4.69, 9.17) is 0 Å². The second kappa shape index (κ2) is 5.49. The lowest BCUT2D eigenvalue weighted by Crippen LogP contribution is -2.05. The van der Waals surface area contributed by atoms with Gasteiger partial charge in [0, 0.05) is 30.9 Å². The third kappa shape index (κ3) is 2.97. The largest absolute Gasteiger partial charge is 0.326 e. The number of hydrogen-bond acceptors (Lipinski definition) is 2. The Bertz CT molecular complexity index is 545. The highest BCUT2D eigenvalue weighted by atomic mass is 16.1. The van der Waals surface area contributed by atoms with Crippen molar-refractivity contribution >= 4 is 11.6 Å². The Hall–Kier alpha value is -2.10. The number of benzene rings is 1. The van der Waals surface area contributed by atoms with Crippen LogP contribution in [0.25, 0.3) is 11.3 Å². The van der Waals surface area contributed by atoms with E-state index in [2.05, 4.69) is 17.3 Å². The van der Waals surface area contributed by atoms with Gasteiger partial charge in [-0.2, -0.15) is 5.10 Å². The zero-order chi connectivity index (χ0) is 13.0. The maximum Gasteiger partial charge on any atom is 0.221 e. The van der Waals surface area contributed by atoms with Crippen LogP contribution in [0.15, 0.2) is 36.5 Å². The van der Waals surface area contributed by atoms with Gasteiger partial charge in [0.15, 0.2) is 0 Å². The summed E-state index contributed by atoms with van der Waals surface area (Å²) in [6.45, 7) is 4.55. The average molecular weight is 243 g/mol. The Morgan fingerprint density at radius 2 is 2.22 bits per heavy atom. The summed E-state index contributed by atoms with van der Waals surface area (Å²) in [5, 5.41) is 7.27.